The summed E-state index contributed by atoms with van der Waals surface area (Å²) in [4.78, 5) is 36.0. The van der Waals surface area contributed by atoms with Gasteiger partial charge in [0.1, 0.15) is 12.5 Å². The molecule has 0 saturated carbocycles. The lowest BCUT2D eigenvalue weighted by Gasteiger charge is -2.23. The van der Waals surface area contributed by atoms with Crippen molar-refractivity contribution in [2.75, 3.05) is 14.2 Å². The van der Waals surface area contributed by atoms with Crippen LogP contribution in [0.15, 0.2) is 30.3 Å². The lowest BCUT2D eigenvalue weighted by atomic mass is 10.0. The molecule has 0 aliphatic carbocycles. The molecule has 1 unspecified atom stereocenters. The van der Waals surface area contributed by atoms with E-state index in [4.69, 9.17) is 9.47 Å². The van der Waals surface area contributed by atoms with E-state index in [1.54, 1.807) is 0 Å². The van der Waals surface area contributed by atoms with Crippen LogP contribution in [0.4, 0.5) is 0 Å². The van der Waals surface area contributed by atoms with Gasteiger partial charge in [-0.1, -0.05) is 35.0 Å². The van der Waals surface area contributed by atoms with E-state index in [9.17, 15) is 19.5 Å². The van der Waals surface area contributed by atoms with Gasteiger partial charge in [-0.15, -0.1) is 5.43 Å². The molecule has 1 aromatic carbocycles. The normalized spacial score (nSPS) is 20.1. The number of hydrazine groups is 1. The molecule has 0 radical (unpaired) electrons. The molecular weight excluding hydrogens is 368 g/mol. The van der Waals surface area contributed by atoms with Crippen LogP contribution in [0, 0.1) is 0 Å². The first-order chi connectivity index (χ1) is 13.4. The predicted octanol–water partition coefficient (Wildman–Crippen LogP) is -0.0543. The van der Waals surface area contributed by atoms with Crippen molar-refractivity contribution < 1.29 is 38.4 Å². The number of hydrazone groups is 1. The molecule has 1 heterocycles. The Balaban J connectivity index is 2.34. The van der Waals surface area contributed by atoms with Gasteiger partial charge in [-0.25, -0.2) is 4.79 Å². The molecule has 28 heavy (non-hydrogen) atoms. The molecule has 0 bridgehead atoms. The van der Waals surface area contributed by atoms with Crippen molar-refractivity contribution in [3.63, 3.8) is 0 Å². The van der Waals surface area contributed by atoms with E-state index in [0.717, 1.165) is 5.56 Å². The maximum atomic E-state index is 12.2. The van der Waals surface area contributed by atoms with Crippen LogP contribution in [0.1, 0.15) is 25.3 Å². The fourth-order valence-electron chi connectivity index (χ4n) is 3.00. The molecule has 1 aromatic rings. The molecule has 3 atom stereocenters. The van der Waals surface area contributed by atoms with Gasteiger partial charge in [0.25, 0.3) is 5.91 Å². The number of benzene rings is 1. The van der Waals surface area contributed by atoms with E-state index < -0.39 is 36.6 Å². The van der Waals surface area contributed by atoms with E-state index in [1.165, 1.54) is 25.8 Å². The number of carbonyl (C=O) groups is 3. The van der Waals surface area contributed by atoms with Crippen LogP contribution in [-0.2, 0) is 35.2 Å². The Hall–Kier alpha value is -2.78. The van der Waals surface area contributed by atoms with Crippen molar-refractivity contribution in [2.24, 2.45) is 0 Å². The summed E-state index contributed by atoms with van der Waals surface area (Å²) in [7, 11) is 2.36. The number of rotatable bonds is 8. The number of nitrogens with zero attached hydrogens (tertiary/aromatic N) is 1. The van der Waals surface area contributed by atoms with Crippen LogP contribution in [0.25, 0.3) is 0 Å². The average Bonchev–Trinajstić information content (AvgIpc) is 3.06. The molecule has 9 heteroatoms. The first-order valence-corrected chi connectivity index (χ1v) is 8.80. The Labute approximate surface area is 162 Å². The van der Waals surface area contributed by atoms with E-state index >= 15 is 0 Å². The molecule has 1 amide bonds. The third-order valence-electron chi connectivity index (χ3n) is 4.36. The Kier molecular flexibility index (Phi) is 7.65. The molecule has 9 nitrogen and oxygen atoms in total. The highest BCUT2D eigenvalue weighted by atomic mass is 16.5. The highest BCUT2D eigenvalue weighted by Gasteiger charge is 2.47. The van der Waals surface area contributed by atoms with Crippen molar-refractivity contribution in [1.29, 1.82) is 0 Å². The number of amides is 1. The van der Waals surface area contributed by atoms with Gasteiger partial charge in [-0.3, -0.25) is 9.59 Å². The second-order valence-corrected chi connectivity index (χ2v) is 6.37. The van der Waals surface area contributed by atoms with Crippen LogP contribution in [0.2, 0.25) is 0 Å². The predicted molar refractivity (Wildman–Crippen MR) is 97.2 cm³/mol. The SMILES string of the molecule is COC(=O)C/C(C(=O)OC)=[N+]1/NC(=O)CC1[C@@H](OCc1ccccc1)[C@H](C)O. The number of ether oxygens (including phenoxy) is 3. The third kappa shape index (κ3) is 5.37. The van der Waals surface area contributed by atoms with Crippen molar-refractivity contribution in [2.45, 2.75) is 44.6 Å². The topological polar surface area (TPSA) is 114 Å². The second kappa shape index (κ2) is 9.95. The highest BCUT2D eigenvalue weighted by molar-refractivity contribution is 6.37. The minimum absolute atomic E-state index is 0.0218. The van der Waals surface area contributed by atoms with Crippen molar-refractivity contribution >= 4 is 23.6 Å². The van der Waals surface area contributed by atoms with E-state index in [2.05, 4.69) is 10.2 Å². The summed E-state index contributed by atoms with van der Waals surface area (Å²) < 4.78 is 16.5. The summed E-state index contributed by atoms with van der Waals surface area (Å²) in [5, 5.41) is 10.3. The summed E-state index contributed by atoms with van der Waals surface area (Å²) in [6.45, 7) is 1.74. The fraction of sp³-hybridized carbons (Fsp3) is 0.474. The number of aliphatic hydroxyl groups is 1. The fourth-order valence-corrected chi connectivity index (χ4v) is 3.00. The molecular formula is C19H25N2O7+. The number of nitrogens with one attached hydrogen (secondary N) is 1. The van der Waals surface area contributed by atoms with Gasteiger partial charge >= 0.3 is 17.7 Å². The third-order valence-corrected chi connectivity index (χ3v) is 4.36. The number of esters is 2. The number of hydrogen-bond acceptors (Lipinski definition) is 7. The van der Waals surface area contributed by atoms with Crippen molar-refractivity contribution in [3.05, 3.63) is 35.9 Å². The molecule has 2 N–H and O–H groups in total. The van der Waals surface area contributed by atoms with Crippen LogP contribution < -0.4 is 5.43 Å². The maximum Gasteiger partial charge on any atom is 0.401 e. The van der Waals surface area contributed by atoms with Gasteiger partial charge in [0.2, 0.25) is 6.04 Å². The molecule has 0 aromatic heterocycles. The zero-order valence-electron chi connectivity index (χ0n) is 16.1. The minimum Gasteiger partial charge on any atom is -0.469 e. The molecule has 0 spiro atoms. The van der Waals surface area contributed by atoms with Gasteiger partial charge in [-0.2, -0.15) is 0 Å². The number of hydrogen-bond donors (Lipinski definition) is 2. The van der Waals surface area contributed by atoms with Gasteiger partial charge < -0.3 is 19.3 Å². The smallest absolute Gasteiger partial charge is 0.401 e. The molecule has 1 fully saturated rings. The first kappa shape index (κ1) is 21.5. The molecule has 2 rings (SSSR count). The average molecular weight is 393 g/mol. The number of carbonyl (C=O) groups excluding carboxylic acids is 3. The Morgan fingerprint density at radius 3 is 2.50 bits per heavy atom. The first-order valence-electron chi connectivity index (χ1n) is 8.80. The lowest BCUT2D eigenvalue weighted by molar-refractivity contribution is -0.604. The second-order valence-electron chi connectivity index (χ2n) is 6.37. The molecule has 1 aliphatic heterocycles. The maximum absolute atomic E-state index is 12.2. The summed E-state index contributed by atoms with van der Waals surface area (Å²) in [6, 6.07) is 8.64. The summed E-state index contributed by atoms with van der Waals surface area (Å²) in [5.74, 6) is -1.82. The van der Waals surface area contributed by atoms with Crippen LogP contribution in [0.5, 0.6) is 0 Å². The summed E-state index contributed by atoms with van der Waals surface area (Å²) in [5.41, 5.74) is 3.33. The number of methoxy groups -OCH3 is 2. The standard InChI is InChI=1S/C19H24N2O7/c1-12(22)18(28-11-13-7-5-4-6-8-13)14-9-16(23)20-21(14)15(19(25)27-3)10-17(24)26-2/h4-8,12,14,18,22H,9-11H2,1-3H3/p+1/t12-,14?,18-/m0/s1. The Bertz CT molecular complexity index is 746. The summed E-state index contributed by atoms with van der Waals surface area (Å²) >= 11 is 0. The van der Waals surface area contributed by atoms with Gasteiger partial charge in [0.05, 0.1) is 33.4 Å². The van der Waals surface area contributed by atoms with Gasteiger partial charge in [-0.05, 0) is 12.5 Å². The lowest BCUT2D eigenvalue weighted by Crippen LogP contribution is -2.48. The summed E-state index contributed by atoms with van der Waals surface area (Å²) in [6.07, 6.45) is -2.17. The van der Waals surface area contributed by atoms with Crippen LogP contribution in [0.3, 0.4) is 0 Å². The zero-order valence-corrected chi connectivity index (χ0v) is 16.1. The van der Waals surface area contributed by atoms with Crippen LogP contribution >= 0.6 is 0 Å². The highest BCUT2D eigenvalue weighted by Crippen LogP contribution is 2.19. The monoisotopic (exact) mass is 393 g/mol. The van der Waals surface area contributed by atoms with Crippen molar-refractivity contribution in [3.8, 4) is 0 Å². The van der Waals surface area contributed by atoms with Gasteiger partial charge in [0, 0.05) is 0 Å². The van der Waals surface area contributed by atoms with E-state index in [-0.39, 0.29) is 24.6 Å². The molecule has 1 saturated heterocycles. The zero-order chi connectivity index (χ0) is 20.7. The van der Waals surface area contributed by atoms with Crippen molar-refractivity contribution in [1.82, 2.24) is 5.43 Å². The quantitative estimate of drug-likeness (QED) is 0.470. The van der Waals surface area contributed by atoms with E-state index in [1.807, 2.05) is 30.3 Å². The van der Waals surface area contributed by atoms with E-state index in [0.29, 0.717) is 0 Å². The van der Waals surface area contributed by atoms with Crippen LogP contribution in [-0.4, -0.2) is 65.8 Å². The van der Waals surface area contributed by atoms with Gasteiger partial charge in [0.15, 0.2) is 0 Å². The minimum atomic E-state index is -0.944. The molecule has 1 aliphatic rings. The molecule has 152 valence electrons. The Morgan fingerprint density at radius 1 is 1.25 bits per heavy atom. The largest absolute Gasteiger partial charge is 0.469 e. The number of aliphatic hydroxyl groups excluding tert-OH is 1. The Morgan fingerprint density at radius 2 is 1.93 bits per heavy atom.